The fourth-order valence-electron chi connectivity index (χ4n) is 1.74. The van der Waals surface area contributed by atoms with Gasteiger partial charge in [-0.3, -0.25) is 0 Å². The van der Waals surface area contributed by atoms with Crippen LogP contribution in [0.5, 0.6) is 0 Å². The van der Waals surface area contributed by atoms with Crippen molar-refractivity contribution in [1.82, 2.24) is 0 Å². The summed E-state index contributed by atoms with van der Waals surface area (Å²) in [6.07, 6.45) is 1.64. The third kappa shape index (κ3) is 3.27. The van der Waals surface area contributed by atoms with E-state index in [0.29, 0.717) is 5.76 Å². The Morgan fingerprint density at radius 1 is 1.00 bits per heavy atom. The molecule has 0 unspecified atom stereocenters. The molecule has 0 radical (unpaired) electrons. The predicted octanol–water partition coefficient (Wildman–Crippen LogP) is 3.76. The van der Waals surface area contributed by atoms with E-state index in [1.54, 1.807) is 49.4 Å². The number of hydrogen-bond donors (Lipinski definition) is 0. The van der Waals surface area contributed by atoms with Crippen molar-refractivity contribution < 1.29 is 12.6 Å². The molecule has 0 spiro atoms. The second-order valence-corrected chi connectivity index (χ2v) is 5.92. The molecule has 4 heteroatoms. The second kappa shape index (κ2) is 5.92. The first-order valence-electron chi connectivity index (χ1n) is 6.26. The summed E-state index contributed by atoms with van der Waals surface area (Å²) in [6.45, 7) is 3.64. The van der Waals surface area contributed by atoms with Gasteiger partial charge in [0, 0.05) is 5.56 Å². The molecule has 2 aromatic carbocycles. The van der Waals surface area contributed by atoms with E-state index in [1.807, 2.05) is 25.1 Å². The highest BCUT2D eigenvalue weighted by Gasteiger charge is 2.18. The molecule has 0 saturated heterocycles. The molecule has 0 aliphatic rings. The lowest BCUT2D eigenvalue weighted by molar-refractivity contribution is 0.463. The molecule has 0 aliphatic carbocycles. The van der Waals surface area contributed by atoms with Crippen LogP contribution in [0.2, 0.25) is 0 Å². The van der Waals surface area contributed by atoms with E-state index in [1.165, 1.54) is 0 Å². The summed E-state index contributed by atoms with van der Waals surface area (Å²) >= 11 is 0. The van der Waals surface area contributed by atoms with Crippen LogP contribution in [0.4, 0.5) is 0 Å². The molecular weight excluding hydrogens is 272 g/mol. The Bertz CT molecular complexity index is 699. The predicted molar refractivity (Wildman–Crippen MR) is 79.5 cm³/mol. The fraction of sp³-hybridized carbons (Fsp3) is 0.125. The molecule has 3 nitrogen and oxygen atoms in total. The van der Waals surface area contributed by atoms with Crippen molar-refractivity contribution >= 4 is 15.9 Å². The molecular formula is C16H16O3S. The summed E-state index contributed by atoms with van der Waals surface area (Å²) in [6, 6.07) is 15.7. The minimum atomic E-state index is -3.80. The van der Waals surface area contributed by atoms with Crippen molar-refractivity contribution in [3.05, 3.63) is 71.8 Å². The van der Waals surface area contributed by atoms with Crippen molar-refractivity contribution in [2.24, 2.45) is 0 Å². The van der Waals surface area contributed by atoms with Crippen molar-refractivity contribution in [2.45, 2.75) is 18.7 Å². The highest BCUT2D eigenvalue weighted by atomic mass is 32.2. The number of aryl methyl sites for hydroxylation is 1. The number of rotatable bonds is 4. The van der Waals surface area contributed by atoms with E-state index in [4.69, 9.17) is 4.18 Å². The van der Waals surface area contributed by atoms with Gasteiger partial charge in [-0.15, -0.1) is 0 Å². The van der Waals surface area contributed by atoms with Crippen LogP contribution in [0, 0.1) is 6.92 Å². The van der Waals surface area contributed by atoms with Gasteiger partial charge in [-0.05, 0) is 32.1 Å². The number of allylic oxidation sites excluding steroid dienone is 1. The normalized spacial score (nSPS) is 12.2. The van der Waals surface area contributed by atoms with Gasteiger partial charge in [0.15, 0.2) is 0 Å². The van der Waals surface area contributed by atoms with Gasteiger partial charge in [0.25, 0.3) is 0 Å². The van der Waals surface area contributed by atoms with Gasteiger partial charge in [-0.1, -0.05) is 48.0 Å². The van der Waals surface area contributed by atoms with Crippen molar-refractivity contribution in [2.75, 3.05) is 0 Å². The summed E-state index contributed by atoms with van der Waals surface area (Å²) in [5.41, 5.74) is 1.73. The third-order valence-corrected chi connectivity index (χ3v) is 4.08. The number of hydrogen-bond acceptors (Lipinski definition) is 3. The molecule has 2 aromatic rings. The third-order valence-electron chi connectivity index (χ3n) is 2.83. The van der Waals surface area contributed by atoms with Crippen LogP contribution in [-0.4, -0.2) is 8.42 Å². The summed E-state index contributed by atoms with van der Waals surface area (Å²) in [7, 11) is -3.80. The van der Waals surface area contributed by atoms with Gasteiger partial charge in [0.05, 0.1) is 0 Å². The number of benzene rings is 2. The minimum absolute atomic E-state index is 0.151. The monoisotopic (exact) mass is 288 g/mol. The molecule has 0 fully saturated rings. The molecule has 104 valence electrons. The Morgan fingerprint density at radius 2 is 1.60 bits per heavy atom. The molecule has 0 amide bonds. The van der Waals surface area contributed by atoms with Crippen LogP contribution in [-0.2, 0) is 14.3 Å². The van der Waals surface area contributed by atoms with E-state index in [2.05, 4.69) is 0 Å². The Kier molecular flexibility index (Phi) is 4.25. The first kappa shape index (κ1) is 14.3. The molecule has 2 rings (SSSR count). The van der Waals surface area contributed by atoms with Crippen molar-refractivity contribution in [1.29, 1.82) is 0 Å². The Balaban J connectivity index is 2.30. The lowest BCUT2D eigenvalue weighted by Crippen LogP contribution is -2.06. The van der Waals surface area contributed by atoms with Crippen LogP contribution in [0.3, 0.4) is 0 Å². The largest absolute Gasteiger partial charge is 0.379 e. The maximum Gasteiger partial charge on any atom is 0.339 e. The molecule has 0 N–H and O–H groups in total. The van der Waals surface area contributed by atoms with Gasteiger partial charge in [-0.25, -0.2) is 0 Å². The molecule has 20 heavy (non-hydrogen) atoms. The standard InChI is InChI=1S/C16H16O3S/c1-3-16(14-7-5-4-6-8-14)19-20(17,18)15-11-9-13(2)10-12-15/h3-12H,1-2H3/b16-3+. The Labute approximate surface area is 119 Å². The van der Waals surface area contributed by atoms with Crippen molar-refractivity contribution in [3.8, 4) is 0 Å². The van der Waals surface area contributed by atoms with Gasteiger partial charge in [0.2, 0.25) is 0 Å². The first-order chi connectivity index (χ1) is 9.53. The van der Waals surface area contributed by atoms with Gasteiger partial charge < -0.3 is 4.18 Å². The van der Waals surface area contributed by atoms with Crippen LogP contribution in [0.15, 0.2) is 65.6 Å². The van der Waals surface area contributed by atoms with Crippen LogP contribution >= 0.6 is 0 Å². The maximum atomic E-state index is 12.2. The summed E-state index contributed by atoms with van der Waals surface area (Å²) in [5.74, 6) is 0.325. The summed E-state index contributed by atoms with van der Waals surface area (Å²) in [4.78, 5) is 0.151. The Morgan fingerprint density at radius 3 is 2.15 bits per heavy atom. The summed E-state index contributed by atoms with van der Waals surface area (Å²) in [5, 5.41) is 0. The van der Waals surface area contributed by atoms with E-state index in [-0.39, 0.29) is 4.90 Å². The average Bonchev–Trinajstić information content (AvgIpc) is 2.46. The molecule has 0 saturated carbocycles. The summed E-state index contributed by atoms with van der Waals surface area (Å²) < 4.78 is 29.7. The zero-order valence-corrected chi connectivity index (χ0v) is 12.2. The molecule has 0 aromatic heterocycles. The van der Waals surface area contributed by atoms with Crippen LogP contribution < -0.4 is 0 Å². The SMILES string of the molecule is C/C=C(/OS(=O)(=O)c1ccc(C)cc1)c1ccccc1. The van der Waals surface area contributed by atoms with Crippen molar-refractivity contribution in [3.63, 3.8) is 0 Å². The smallest absolute Gasteiger partial charge is 0.339 e. The quantitative estimate of drug-likeness (QED) is 0.635. The zero-order chi connectivity index (χ0) is 14.6. The fourth-order valence-corrected chi connectivity index (χ4v) is 2.73. The topological polar surface area (TPSA) is 43.4 Å². The maximum absolute atomic E-state index is 12.2. The molecule has 0 atom stereocenters. The minimum Gasteiger partial charge on any atom is -0.379 e. The molecule has 0 aliphatic heterocycles. The van der Waals surface area contributed by atoms with Gasteiger partial charge in [0.1, 0.15) is 10.7 Å². The molecule has 0 bridgehead atoms. The highest BCUT2D eigenvalue weighted by molar-refractivity contribution is 7.87. The molecule has 0 heterocycles. The van der Waals surface area contributed by atoms with Crippen LogP contribution in [0.25, 0.3) is 5.76 Å². The zero-order valence-electron chi connectivity index (χ0n) is 11.4. The lowest BCUT2D eigenvalue weighted by atomic mass is 10.2. The van der Waals surface area contributed by atoms with E-state index in [0.717, 1.165) is 11.1 Å². The second-order valence-electron chi connectivity index (χ2n) is 4.37. The van der Waals surface area contributed by atoms with Crippen LogP contribution in [0.1, 0.15) is 18.1 Å². The highest BCUT2D eigenvalue weighted by Crippen LogP contribution is 2.22. The van der Waals surface area contributed by atoms with E-state index in [9.17, 15) is 8.42 Å². The van der Waals surface area contributed by atoms with Gasteiger partial charge in [-0.2, -0.15) is 8.42 Å². The van der Waals surface area contributed by atoms with Gasteiger partial charge >= 0.3 is 10.1 Å². The van der Waals surface area contributed by atoms with E-state index < -0.39 is 10.1 Å². The first-order valence-corrected chi connectivity index (χ1v) is 7.66. The lowest BCUT2D eigenvalue weighted by Gasteiger charge is -2.10. The van der Waals surface area contributed by atoms with E-state index >= 15 is 0 Å². The average molecular weight is 288 g/mol. The Hall–Kier alpha value is -2.07.